The van der Waals surface area contributed by atoms with Gasteiger partial charge in [-0.05, 0) is 51.2 Å². The summed E-state index contributed by atoms with van der Waals surface area (Å²) in [6, 6.07) is 3.86. The molecule has 2 heterocycles. The molecule has 0 bridgehead atoms. The average Bonchev–Trinajstić information content (AvgIpc) is 2.56. The van der Waals surface area contributed by atoms with Gasteiger partial charge in [-0.1, -0.05) is 13.8 Å². The molecule has 1 aliphatic rings. The molecule has 6 nitrogen and oxygen atoms in total. The number of carbonyl (C=O) groups excluding carboxylic acids is 1. The number of hydrogen-bond donors (Lipinski definition) is 1. The molecule has 0 saturated carbocycles. The van der Waals surface area contributed by atoms with Crippen LogP contribution in [-0.2, 0) is 4.74 Å². The summed E-state index contributed by atoms with van der Waals surface area (Å²) in [5.74, 6) is 0.552. The molecule has 0 unspecified atom stereocenters. The molecule has 1 aromatic heterocycles. The lowest BCUT2D eigenvalue weighted by atomic mass is 9.90. The lowest BCUT2D eigenvalue weighted by Gasteiger charge is -2.33. The fraction of sp³-hybridized carbons (Fsp3) is 0.611. The van der Waals surface area contributed by atoms with E-state index in [0.29, 0.717) is 24.6 Å². The molecule has 1 amide bonds. The predicted octanol–water partition coefficient (Wildman–Crippen LogP) is 3.68. The van der Waals surface area contributed by atoms with E-state index in [1.165, 1.54) is 0 Å². The van der Waals surface area contributed by atoms with Crippen molar-refractivity contribution < 1.29 is 9.53 Å². The quantitative estimate of drug-likeness (QED) is 0.847. The summed E-state index contributed by atoms with van der Waals surface area (Å²) in [7, 11) is 0. The Morgan fingerprint density at radius 3 is 2.46 bits per heavy atom. The molecule has 0 aliphatic carbocycles. The second-order valence-electron chi connectivity index (χ2n) is 6.55. The van der Waals surface area contributed by atoms with Crippen molar-refractivity contribution in [3.8, 4) is 6.07 Å². The van der Waals surface area contributed by atoms with Crippen LogP contribution in [0.3, 0.4) is 0 Å². The maximum absolute atomic E-state index is 12.0. The molecular formula is C18H28N4O2. The van der Waals surface area contributed by atoms with E-state index >= 15 is 0 Å². The first kappa shape index (κ1) is 19.8. The predicted molar refractivity (Wildman–Crippen MR) is 94.5 cm³/mol. The maximum Gasteiger partial charge on any atom is 0.410 e. The maximum atomic E-state index is 12.0. The molecule has 0 aromatic carbocycles. The van der Waals surface area contributed by atoms with Crippen LogP contribution in [0.15, 0.2) is 12.3 Å². The van der Waals surface area contributed by atoms with Gasteiger partial charge in [0, 0.05) is 19.3 Å². The van der Waals surface area contributed by atoms with E-state index in [0.717, 1.165) is 18.4 Å². The van der Waals surface area contributed by atoms with Gasteiger partial charge < -0.3 is 15.4 Å². The number of anilines is 1. The van der Waals surface area contributed by atoms with Gasteiger partial charge >= 0.3 is 6.09 Å². The van der Waals surface area contributed by atoms with Gasteiger partial charge in [0.25, 0.3) is 0 Å². The van der Waals surface area contributed by atoms with Gasteiger partial charge in [-0.3, -0.25) is 0 Å². The zero-order valence-electron chi connectivity index (χ0n) is 15.3. The highest BCUT2D eigenvalue weighted by molar-refractivity contribution is 5.68. The molecule has 1 aromatic rings. The average molecular weight is 332 g/mol. The Kier molecular flexibility index (Phi) is 7.02. The third-order valence-corrected chi connectivity index (χ3v) is 3.68. The van der Waals surface area contributed by atoms with Gasteiger partial charge in [-0.2, -0.15) is 5.26 Å². The number of carbonyl (C=O) groups is 1. The fourth-order valence-corrected chi connectivity index (χ4v) is 2.53. The Hall–Kier alpha value is -2.29. The Morgan fingerprint density at radius 1 is 1.38 bits per heavy atom. The molecule has 0 atom stereocenters. The molecular weight excluding hydrogens is 304 g/mol. The van der Waals surface area contributed by atoms with Crippen molar-refractivity contribution in [2.75, 3.05) is 18.8 Å². The standard InChI is InChI=1S/C16H22N4O2.C2H6/c1-16(2,3)22-15(21)20-6-4-11(5-7-20)13-8-12(9-17)14(18)19-10-13;1-2/h8,10-11H,4-7H2,1-3H3,(H2,18,19);1-2H3. The molecule has 132 valence electrons. The molecule has 0 spiro atoms. The number of piperidine rings is 1. The van der Waals surface area contributed by atoms with Gasteiger partial charge in [0.05, 0.1) is 5.56 Å². The lowest BCUT2D eigenvalue weighted by Crippen LogP contribution is -2.41. The van der Waals surface area contributed by atoms with Crippen LogP contribution in [0.1, 0.15) is 64.5 Å². The first-order valence-corrected chi connectivity index (χ1v) is 8.43. The van der Waals surface area contributed by atoms with E-state index < -0.39 is 5.60 Å². The van der Waals surface area contributed by atoms with Crippen molar-refractivity contribution >= 4 is 11.9 Å². The van der Waals surface area contributed by atoms with Crippen LogP contribution >= 0.6 is 0 Å². The van der Waals surface area contributed by atoms with Gasteiger partial charge in [0.1, 0.15) is 17.5 Å². The minimum Gasteiger partial charge on any atom is -0.444 e. The van der Waals surface area contributed by atoms with Crippen LogP contribution in [0.4, 0.5) is 10.6 Å². The van der Waals surface area contributed by atoms with Gasteiger partial charge in [-0.25, -0.2) is 9.78 Å². The van der Waals surface area contributed by atoms with Crippen LogP contribution < -0.4 is 5.73 Å². The number of aromatic nitrogens is 1. The highest BCUT2D eigenvalue weighted by Gasteiger charge is 2.27. The normalized spacial score (nSPS) is 15.1. The van der Waals surface area contributed by atoms with Crippen molar-refractivity contribution in [3.63, 3.8) is 0 Å². The molecule has 1 aliphatic heterocycles. The number of likely N-dealkylation sites (tertiary alicyclic amines) is 1. The monoisotopic (exact) mass is 332 g/mol. The highest BCUT2D eigenvalue weighted by Crippen LogP contribution is 2.29. The molecule has 24 heavy (non-hydrogen) atoms. The van der Waals surface area contributed by atoms with Crippen molar-refractivity contribution in [1.29, 1.82) is 5.26 Å². The summed E-state index contributed by atoms with van der Waals surface area (Å²) in [5.41, 5.74) is 6.59. The third kappa shape index (κ3) is 5.41. The van der Waals surface area contributed by atoms with Gasteiger partial charge in [-0.15, -0.1) is 0 Å². The molecule has 2 rings (SSSR count). The Bertz CT molecular complexity index is 594. The summed E-state index contributed by atoms with van der Waals surface area (Å²) in [5, 5.41) is 9.02. The van der Waals surface area contributed by atoms with E-state index in [1.807, 2.05) is 34.6 Å². The number of nitrogens with two attached hydrogens (primary N) is 1. The third-order valence-electron chi connectivity index (χ3n) is 3.68. The second kappa shape index (κ2) is 8.53. The van der Waals surface area contributed by atoms with Crippen LogP contribution in [0.2, 0.25) is 0 Å². The number of rotatable bonds is 1. The number of pyridine rings is 1. The minimum atomic E-state index is -0.476. The molecule has 1 saturated heterocycles. The van der Waals surface area contributed by atoms with E-state index in [1.54, 1.807) is 17.2 Å². The summed E-state index contributed by atoms with van der Waals surface area (Å²) < 4.78 is 5.39. The molecule has 0 radical (unpaired) electrons. The number of nitrogen functional groups attached to an aromatic ring is 1. The highest BCUT2D eigenvalue weighted by atomic mass is 16.6. The molecule has 6 heteroatoms. The Morgan fingerprint density at radius 2 is 1.96 bits per heavy atom. The van der Waals surface area contributed by atoms with Crippen LogP contribution in [0.25, 0.3) is 0 Å². The zero-order valence-corrected chi connectivity index (χ0v) is 15.3. The number of hydrogen-bond acceptors (Lipinski definition) is 5. The van der Waals surface area contributed by atoms with E-state index in [9.17, 15) is 4.79 Å². The van der Waals surface area contributed by atoms with E-state index in [4.69, 9.17) is 15.7 Å². The second-order valence-corrected chi connectivity index (χ2v) is 6.55. The van der Waals surface area contributed by atoms with Crippen molar-refractivity contribution in [2.24, 2.45) is 0 Å². The van der Waals surface area contributed by atoms with Crippen LogP contribution in [0, 0.1) is 11.3 Å². The first-order valence-electron chi connectivity index (χ1n) is 8.43. The molecule has 2 N–H and O–H groups in total. The van der Waals surface area contributed by atoms with Crippen molar-refractivity contribution in [1.82, 2.24) is 9.88 Å². The van der Waals surface area contributed by atoms with Crippen LogP contribution in [-0.4, -0.2) is 34.7 Å². The Labute approximate surface area is 144 Å². The Balaban J connectivity index is 0.00000139. The number of nitrogens with zero attached hydrogens (tertiary/aromatic N) is 3. The fourth-order valence-electron chi connectivity index (χ4n) is 2.53. The summed E-state index contributed by atoms with van der Waals surface area (Å²) in [6.45, 7) is 10.9. The first-order chi connectivity index (χ1) is 11.3. The SMILES string of the molecule is CC.CC(C)(C)OC(=O)N1CCC(c2cnc(N)c(C#N)c2)CC1. The zero-order chi connectivity index (χ0) is 18.3. The molecule has 1 fully saturated rings. The van der Waals surface area contributed by atoms with Gasteiger partial charge in [0.15, 0.2) is 0 Å². The number of amides is 1. The lowest BCUT2D eigenvalue weighted by molar-refractivity contribution is 0.0205. The summed E-state index contributed by atoms with van der Waals surface area (Å²) in [6.07, 6.45) is 3.12. The topological polar surface area (TPSA) is 92.2 Å². The van der Waals surface area contributed by atoms with E-state index in [2.05, 4.69) is 11.1 Å². The number of nitriles is 1. The van der Waals surface area contributed by atoms with Gasteiger partial charge in [0.2, 0.25) is 0 Å². The smallest absolute Gasteiger partial charge is 0.410 e. The largest absolute Gasteiger partial charge is 0.444 e. The van der Waals surface area contributed by atoms with Crippen molar-refractivity contribution in [2.45, 2.75) is 59.0 Å². The van der Waals surface area contributed by atoms with Crippen LogP contribution in [0.5, 0.6) is 0 Å². The van der Waals surface area contributed by atoms with E-state index in [-0.39, 0.29) is 11.9 Å². The number of ether oxygens (including phenoxy) is 1. The van der Waals surface area contributed by atoms with Crippen molar-refractivity contribution in [3.05, 3.63) is 23.4 Å². The minimum absolute atomic E-state index is 0.262. The summed E-state index contributed by atoms with van der Waals surface area (Å²) >= 11 is 0. The summed E-state index contributed by atoms with van der Waals surface area (Å²) in [4.78, 5) is 17.8.